The van der Waals surface area contributed by atoms with Crippen LogP contribution in [0.25, 0.3) is 0 Å². The van der Waals surface area contributed by atoms with Crippen LogP contribution in [0.1, 0.15) is 89.9 Å². The summed E-state index contributed by atoms with van der Waals surface area (Å²) < 4.78 is 5.37. The van der Waals surface area contributed by atoms with Crippen LogP contribution in [-0.2, 0) is 9.53 Å². The number of carboxylic acids is 1. The molecule has 0 unspecified atom stereocenters. The monoisotopic (exact) mass is 367 g/mol. The highest BCUT2D eigenvalue weighted by Gasteiger charge is 2.08. The van der Waals surface area contributed by atoms with Gasteiger partial charge in [0, 0.05) is 19.5 Å². The lowest BCUT2D eigenvalue weighted by Gasteiger charge is -2.26. The number of unbranched alkanes of at least 4 members (excludes halogenated alkanes) is 11. The van der Waals surface area contributed by atoms with E-state index in [1.54, 1.807) is 0 Å². The number of morpholine rings is 1. The van der Waals surface area contributed by atoms with E-state index < -0.39 is 5.97 Å². The van der Waals surface area contributed by atoms with E-state index in [0.29, 0.717) is 6.42 Å². The molecule has 0 aromatic rings. The Bertz CT molecular complexity index is 351. The van der Waals surface area contributed by atoms with Crippen molar-refractivity contribution >= 4 is 5.97 Å². The van der Waals surface area contributed by atoms with Crippen molar-refractivity contribution in [2.24, 2.45) is 0 Å². The molecule has 1 aliphatic rings. The van der Waals surface area contributed by atoms with Crippen molar-refractivity contribution < 1.29 is 14.6 Å². The molecule has 1 saturated heterocycles. The number of rotatable bonds is 17. The van der Waals surface area contributed by atoms with Gasteiger partial charge in [-0.05, 0) is 45.1 Å². The predicted molar refractivity (Wildman–Crippen MR) is 109 cm³/mol. The predicted octanol–water partition coefficient (Wildman–Crippen LogP) is 5.42. The van der Waals surface area contributed by atoms with Crippen molar-refractivity contribution in [2.45, 2.75) is 89.9 Å². The molecular formula is C22H41NO3. The summed E-state index contributed by atoms with van der Waals surface area (Å²) in [5.74, 6) is -0.666. The van der Waals surface area contributed by atoms with E-state index in [2.05, 4.69) is 17.1 Å². The van der Waals surface area contributed by atoms with Gasteiger partial charge < -0.3 is 9.84 Å². The molecule has 26 heavy (non-hydrogen) atoms. The van der Waals surface area contributed by atoms with E-state index >= 15 is 0 Å². The Morgan fingerprint density at radius 2 is 1.27 bits per heavy atom. The van der Waals surface area contributed by atoms with Crippen molar-refractivity contribution in [3.8, 4) is 0 Å². The number of aliphatic carboxylic acids is 1. The molecule has 1 fully saturated rings. The topological polar surface area (TPSA) is 49.8 Å². The van der Waals surface area contributed by atoms with Crippen LogP contribution in [0.5, 0.6) is 0 Å². The van der Waals surface area contributed by atoms with Gasteiger partial charge in [-0.25, -0.2) is 0 Å². The summed E-state index contributed by atoms with van der Waals surface area (Å²) in [6.07, 6.45) is 21.1. The zero-order valence-electron chi connectivity index (χ0n) is 16.8. The third-order valence-corrected chi connectivity index (χ3v) is 5.13. The van der Waals surface area contributed by atoms with Crippen LogP contribution in [0, 0.1) is 0 Å². The van der Waals surface area contributed by atoms with Crippen molar-refractivity contribution in [1.82, 2.24) is 4.90 Å². The summed E-state index contributed by atoms with van der Waals surface area (Å²) in [6, 6.07) is 0. The minimum atomic E-state index is -0.666. The molecule has 0 saturated carbocycles. The quantitative estimate of drug-likeness (QED) is 0.275. The van der Waals surface area contributed by atoms with Gasteiger partial charge >= 0.3 is 5.97 Å². The molecule has 0 aromatic heterocycles. The average molecular weight is 368 g/mol. The van der Waals surface area contributed by atoms with Crippen molar-refractivity contribution in [3.63, 3.8) is 0 Å². The van der Waals surface area contributed by atoms with Gasteiger partial charge in [0.15, 0.2) is 0 Å². The summed E-state index contributed by atoms with van der Waals surface area (Å²) in [7, 11) is 0. The minimum absolute atomic E-state index is 0.327. The van der Waals surface area contributed by atoms with Crippen molar-refractivity contribution in [3.05, 3.63) is 12.2 Å². The second-order valence-corrected chi connectivity index (χ2v) is 7.54. The van der Waals surface area contributed by atoms with Gasteiger partial charge in [-0.2, -0.15) is 0 Å². The second-order valence-electron chi connectivity index (χ2n) is 7.54. The number of carbonyl (C=O) groups is 1. The molecule has 0 atom stereocenters. The molecule has 152 valence electrons. The van der Waals surface area contributed by atoms with Crippen LogP contribution in [0.2, 0.25) is 0 Å². The molecule has 4 heteroatoms. The van der Waals surface area contributed by atoms with Gasteiger partial charge in [0.05, 0.1) is 13.2 Å². The molecule has 0 amide bonds. The lowest BCUT2D eigenvalue weighted by Crippen LogP contribution is -2.36. The normalized spacial score (nSPS) is 15.7. The van der Waals surface area contributed by atoms with E-state index in [0.717, 1.165) is 39.1 Å². The first-order valence-corrected chi connectivity index (χ1v) is 11.0. The van der Waals surface area contributed by atoms with Crippen LogP contribution < -0.4 is 0 Å². The summed E-state index contributed by atoms with van der Waals surface area (Å²) in [5, 5.41) is 8.56. The Morgan fingerprint density at radius 3 is 1.85 bits per heavy atom. The fourth-order valence-corrected chi connectivity index (χ4v) is 3.43. The molecular weight excluding hydrogens is 326 g/mol. The fraction of sp³-hybridized carbons (Fsp3) is 0.864. The average Bonchev–Trinajstić information content (AvgIpc) is 2.65. The largest absolute Gasteiger partial charge is 0.481 e. The number of hydrogen-bond acceptors (Lipinski definition) is 3. The van der Waals surface area contributed by atoms with Crippen molar-refractivity contribution in [2.75, 3.05) is 32.8 Å². The lowest BCUT2D eigenvalue weighted by atomic mass is 10.1. The molecule has 1 rings (SSSR count). The number of ether oxygens (including phenoxy) is 1. The zero-order valence-corrected chi connectivity index (χ0v) is 16.8. The van der Waals surface area contributed by atoms with Gasteiger partial charge in [0.25, 0.3) is 0 Å². The maximum atomic E-state index is 10.4. The molecule has 0 bridgehead atoms. The standard InChI is InChI=1S/C22H41NO3/c24-22(25)16-14-12-10-8-6-4-2-1-3-5-7-9-11-13-15-17-23-18-20-26-21-19-23/h1-2H,3-21H2,(H,24,25)/b2-1-. The van der Waals surface area contributed by atoms with E-state index in [9.17, 15) is 4.79 Å². The van der Waals surface area contributed by atoms with Gasteiger partial charge in [-0.1, -0.05) is 57.1 Å². The maximum Gasteiger partial charge on any atom is 0.303 e. The van der Waals surface area contributed by atoms with E-state index in [4.69, 9.17) is 9.84 Å². The highest BCUT2D eigenvalue weighted by atomic mass is 16.5. The smallest absolute Gasteiger partial charge is 0.303 e. The lowest BCUT2D eigenvalue weighted by molar-refractivity contribution is -0.137. The first-order chi connectivity index (χ1) is 12.8. The molecule has 0 aliphatic carbocycles. The molecule has 0 spiro atoms. The third-order valence-electron chi connectivity index (χ3n) is 5.13. The second kappa shape index (κ2) is 17.5. The summed E-state index contributed by atoms with van der Waals surface area (Å²) in [4.78, 5) is 12.9. The van der Waals surface area contributed by atoms with Crippen molar-refractivity contribution in [1.29, 1.82) is 0 Å². The highest BCUT2D eigenvalue weighted by Crippen LogP contribution is 2.10. The van der Waals surface area contributed by atoms with Crippen LogP contribution in [-0.4, -0.2) is 48.8 Å². The zero-order chi connectivity index (χ0) is 18.7. The molecule has 4 nitrogen and oxygen atoms in total. The van der Waals surface area contributed by atoms with Crippen LogP contribution in [0.4, 0.5) is 0 Å². The Labute approximate surface area is 161 Å². The number of carboxylic acid groups (broad SMARTS) is 1. The fourth-order valence-electron chi connectivity index (χ4n) is 3.43. The molecule has 1 N–H and O–H groups in total. The first kappa shape index (κ1) is 23.2. The summed E-state index contributed by atoms with van der Waals surface area (Å²) in [5.41, 5.74) is 0. The van der Waals surface area contributed by atoms with E-state index in [1.807, 2.05) is 0 Å². The molecule has 0 radical (unpaired) electrons. The Kier molecular flexibility index (Phi) is 15.6. The summed E-state index contributed by atoms with van der Waals surface area (Å²) >= 11 is 0. The van der Waals surface area contributed by atoms with Gasteiger partial charge in [0.2, 0.25) is 0 Å². The molecule has 1 aliphatic heterocycles. The van der Waals surface area contributed by atoms with E-state index in [1.165, 1.54) is 77.2 Å². The number of hydrogen-bond donors (Lipinski definition) is 1. The minimum Gasteiger partial charge on any atom is -0.481 e. The van der Waals surface area contributed by atoms with Crippen LogP contribution >= 0.6 is 0 Å². The number of nitrogens with zero attached hydrogens (tertiary/aromatic N) is 1. The van der Waals surface area contributed by atoms with Gasteiger partial charge in [0.1, 0.15) is 0 Å². The molecule has 0 aromatic carbocycles. The Morgan fingerprint density at radius 1 is 0.769 bits per heavy atom. The first-order valence-electron chi connectivity index (χ1n) is 11.0. The maximum absolute atomic E-state index is 10.4. The Balaban J connectivity index is 1.72. The third kappa shape index (κ3) is 15.4. The number of allylic oxidation sites excluding steroid dienone is 2. The summed E-state index contributed by atoms with van der Waals surface area (Å²) in [6.45, 7) is 5.33. The van der Waals surface area contributed by atoms with Gasteiger partial charge in [-0.15, -0.1) is 0 Å². The van der Waals surface area contributed by atoms with Crippen LogP contribution in [0.15, 0.2) is 12.2 Å². The van der Waals surface area contributed by atoms with E-state index in [-0.39, 0.29) is 0 Å². The van der Waals surface area contributed by atoms with Gasteiger partial charge in [-0.3, -0.25) is 9.69 Å². The Hall–Kier alpha value is -0.870. The molecule has 1 heterocycles. The highest BCUT2D eigenvalue weighted by molar-refractivity contribution is 5.66. The van der Waals surface area contributed by atoms with Crippen LogP contribution in [0.3, 0.4) is 0 Å². The SMILES string of the molecule is O=C(O)CCCCCCC/C=C\CCCCCCCCN1CCOCC1.